The number of likely N-dealkylation sites (tertiary alicyclic amines) is 1. The summed E-state index contributed by atoms with van der Waals surface area (Å²) in [5, 5.41) is 6.85. The van der Waals surface area contributed by atoms with Crippen molar-refractivity contribution < 1.29 is 19.0 Å². The average Bonchev–Trinajstić information content (AvgIpc) is 2.83. The molecule has 2 fully saturated rings. The Hall–Kier alpha value is -2.35. The maximum Gasteiger partial charge on any atom is 0.319 e. The molecule has 0 bridgehead atoms. The number of amides is 2. The smallest absolute Gasteiger partial charge is 0.319 e. The molecule has 2 atom stereocenters. The molecule has 192 valence electrons. The molecule has 9 heteroatoms. The van der Waals surface area contributed by atoms with Crippen molar-refractivity contribution in [2.24, 2.45) is 5.92 Å². The molecule has 35 heavy (non-hydrogen) atoms. The number of hydrogen-bond acceptors (Lipinski definition) is 5. The third-order valence-electron chi connectivity index (χ3n) is 7.03. The molecule has 1 saturated carbocycles. The highest BCUT2D eigenvalue weighted by atomic mass is 35.5. The van der Waals surface area contributed by atoms with E-state index >= 15 is 0 Å². The molecule has 2 aromatic rings. The summed E-state index contributed by atoms with van der Waals surface area (Å²) in [6.45, 7) is 2.16. The van der Waals surface area contributed by atoms with E-state index in [1.54, 1.807) is 33.5 Å². The minimum Gasteiger partial charge on any atom is -0.493 e. The number of rotatable bonds is 8. The summed E-state index contributed by atoms with van der Waals surface area (Å²) in [4.78, 5) is 15.3. The lowest BCUT2D eigenvalue weighted by Gasteiger charge is -2.47. The Kier molecular flexibility index (Phi) is 9.78. The lowest BCUT2D eigenvalue weighted by atomic mass is 9.82. The minimum atomic E-state index is -0.221. The van der Waals surface area contributed by atoms with Crippen LogP contribution in [0.5, 0.6) is 17.2 Å². The van der Waals surface area contributed by atoms with Crippen LogP contribution in [0.25, 0.3) is 0 Å². The van der Waals surface area contributed by atoms with Crippen LogP contribution in [0, 0.1) is 5.92 Å². The number of halogens is 2. The second kappa shape index (κ2) is 12.6. The number of methoxy groups -OCH3 is 3. The van der Waals surface area contributed by atoms with E-state index in [1.807, 2.05) is 12.1 Å². The number of hydrogen-bond donors (Lipinski definition) is 2. The van der Waals surface area contributed by atoms with Gasteiger partial charge in [0.05, 0.1) is 27.0 Å². The molecule has 4 rings (SSSR count). The molecule has 0 aromatic heterocycles. The molecule has 0 spiro atoms. The van der Waals surface area contributed by atoms with Crippen LogP contribution >= 0.6 is 24.0 Å². The maximum atomic E-state index is 12.7. The highest BCUT2D eigenvalue weighted by Crippen LogP contribution is 2.40. The number of nitrogens with zero attached hydrogens (tertiary/aromatic N) is 1. The molecular weight excluding hydrogens is 489 g/mol. The summed E-state index contributed by atoms with van der Waals surface area (Å²) in [6.07, 6.45) is 5.59. The largest absolute Gasteiger partial charge is 0.493 e. The predicted molar refractivity (Wildman–Crippen MR) is 142 cm³/mol. The highest BCUT2D eigenvalue weighted by Gasteiger charge is 2.38. The predicted octanol–water partition coefficient (Wildman–Crippen LogP) is 5.39. The van der Waals surface area contributed by atoms with E-state index in [0.29, 0.717) is 34.9 Å². The van der Waals surface area contributed by atoms with Crippen molar-refractivity contribution in [3.05, 3.63) is 47.0 Å². The van der Waals surface area contributed by atoms with Gasteiger partial charge in [-0.3, -0.25) is 4.90 Å². The Balaban J connectivity index is 0.00000342. The quantitative estimate of drug-likeness (QED) is 0.484. The van der Waals surface area contributed by atoms with Crippen LogP contribution in [0.4, 0.5) is 10.5 Å². The lowest BCUT2D eigenvalue weighted by molar-refractivity contribution is 0.0581. The van der Waals surface area contributed by atoms with Crippen LogP contribution in [0.15, 0.2) is 36.4 Å². The van der Waals surface area contributed by atoms with Crippen LogP contribution < -0.4 is 24.8 Å². The summed E-state index contributed by atoms with van der Waals surface area (Å²) in [7, 11) is 4.66. The molecule has 1 saturated heterocycles. The molecule has 1 aliphatic heterocycles. The first-order chi connectivity index (χ1) is 16.5. The van der Waals surface area contributed by atoms with E-state index in [1.165, 1.54) is 18.4 Å². The van der Waals surface area contributed by atoms with E-state index in [0.717, 1.165) is 37.4 Å². The van der Waals surface area contributed by atoms with Gasteiger partial charge >= 0.3 is 6.03 Å². The van der Waals surface area contributed by atoms with E-state index in [2.05, 4.69) is 27.7 Å². The standard InChI is InChI=1S/C26H34ClN3O4.ClH/c1-32-23-15-20(16-24(33-2)25(23)34-3)28-26(31)29-21-8-9-22(21)30-12-10-18(11-13-30)14-17-4-6-19(27)7-5-17;/h4-7,15-16,18,21-22H,8-14H2,1-3H3,(H2,28,29,31);1H/t21-,22+;/m1./s1. The van der Waals surface area contributed by atoms with Gasteiger partial charge in [-0.25, -0.2) is 4.79 Å². The molecule has 1 heterocycles. The number of urea groups is 1. The summed E-state index contributed by atoms with van der Waals surface area (Å²) >= 11 is 6.01. The molecule has 2 aromatic carbocycles. The SMILES string of the molecule is COc1cc(NC(=O)N[C@@H]2CC[C@@H]2N2CCC(Cc3ccc(Cl)cc3)CC2)cc(OC)c1OC.Cl. The fourth-order valence-electron chi connectivity index (χ4n) is 5.02. The first-order valence-electron chi connectivity index (χ1n) is 11.9. The van der Waals surface area contributed by atoms with Crippen molar-refractivity contribution in [2.75, 3.05) is 39.7 Å². The summed E-state index contributed by atoms with van der Waals surface area (Å²) in [6, 6.07) is 12.0. The second-order valence-corrected chi connectivity index (χ2v) is 9.51. The van der Waals surface area contributed by atoms with Crippen LogP contribution in [-0.4, -0.2) is 57.4 Å². The van der Waals surface area contributed by atoms with Gasteiger partial charge in [0.2, 0.25) is 5.75 Å². The van der Waals surface area contributed by atoms with Crippen LogP contribution in [0.3, 0.4) is 0 Å². The van der Waals surface area contributed by atoms with E-state index in [4.69, 9.17) is 25.8 Å². The highest BCUT2D eigenvalue weighted by molar-refractivity contribution is 6.30. The van der Waals surface area contributed by atoms with Crippen molar-refractivity contribution in [2.45, 2.75) is 44.2 Å². The number of piperidine rings is 1. The summed E-state index contributed by atoms with van der Waals surface area (Å²) in [5.74, 6) is 2.20. The maximum absolute atomic E-state index is 12.7. The summed E-state index contributed by atoms with van der Waals surface area (Å²) < 4.78 is 16.1. The molecule has 2 N–H and O–H groups in total. The zero-order valence-corrected chi connectivity index (χ0v) is 22.1. The van der Waals surface area contributed by atoms with Gasteiger partial charge in [0.15, 0.2) is 11.5 Å². The molecule has 2 amide bonds. The van der Waals surface area contributed by atoms with Crippen molar-refractivity contribution in [3.8, 4) is 17.2 Å². The molecule has 1 aliphatic carbocycles. The monoisotopic (exact) mass is 523 g/mol. The van der Waals surface area contributed by atoms with Crippen LogP contribution in [0.2, 0.25) is 5.02 Å². The lowest BCUT2D eigenvalue weighted by Crippen LogP contribution is -2.60. The Labute approximate surface area is 218 Å². The average molecular weight is 524 g/mol. The number of ether oxygens (including phenoxy) is 3. The zero-order valence-electron chi connectivity index (χ0n) is 20.5. The number of carbonyl (C=O) groups excluding carboxylic acids is 1. The first-order valence-corrected chi connectivity index (χ1v) is 12.2. The van der Waals surface area contributed by atoms with Crippen molar-refractivity contribution in [3.63, 3.8) is 0 Å². The van der Waals surface area contributed by atoms with Crippen LogP contribution in [0.1, 0.15) is 31.2 Å². The molecule has 7 nitrogen and oxygen atoms in total. The Morgan fingerprint density at radius 2 is 1.60 bits per heavy atom. The Morgan fingerprint density at radius 1 is 0.971 bits per heavy atom. The fraction of sp³-hybridized carbons (Fsp3) is 0.500. The van der Waals surface area contributed by atoms with Gasteiger partial charge < -0.3 is 24.8 Å². The van der Waals surface area contributed by atoms with Gasteiger partial charge in [0.25, 0.3) is 0 Å². The van der Waals surface area contributed by atoms with E-state index < -0.39 is 0 Å². The van der Waals surface area contributed by atoms with Crippen LogP contribution in [-0.2, 0) is 6.42 Å². The van der Waals surface area contributed by atoms with Gasteiger partial charge in [-0.15, -0.1) is 12.4 Å². The van der Waals surface area contributed by atoms with Gasteiger partial charge in [-0.05, 0) is 68.8 Å². The Bertz CT molecular complexity index is 956. The normalized spacial score (nSPS) is 20.2. The minimum absolute atomic E-state index is 0. The van der Waals surface area contributed by atoms with Gasteiger partial charge in [-0.1, -0.05) is 23.7 Å². The first kappa shape index (κ1) is 27.2. The number of nitrogens with one attached hydrogen (secondary N) is 2. The van der Waals surface area contributed by atoms with Crippen molar-refractivity contribution in [1.29, 1.82) is 0 Å². The van der Waals surface area contributed by atoms with E-state index in [9.17, 15) is 4.79 Å². The van der Waals surface area contributed by atoms with E-state index in [-0.39, 0.29) is 24.5 Å². The molecular formula is C26H35Cl2N3O4. The molecule has 2 aliphatic rings. The topological polar surface area (TPSA) is 72.1 Å². The second-order valence-electron chi connectivity index (χ2n) is 9.07. The molecule has 0 radical (unpaired) electrons. The fourth-order valence-corrected chi connectivity index (χ4v) is 5.15. The van der Waals surface area contributed by atoms with Gasteiger partial charge in [0, 0.05) is 29.2 Å². The summed E-state index contributed by atoms with van der Waals surface area (Å²) in [5.41, 5.74) is 1.94. The zero-order chi connectivity index (χ0) is 24.1. The third-order valence-corrected chi connectivity index (χ3v) is 7.28. The van der Waals surface area contributed by atoms with Crippen molar-refractivity contribution in [1.82, 2.24) is 10.2 Å². The molecule has 0 unspecified atom stereocenters. The number of benzene rings is 2. The number of anilines is 1. The Morgan fingerprint density at radius 3 is 2.11 bits per heavy atom. The van der Waals surface area contributed by atoms with Gasteiger partial charge in [0.1, 0.15) is 0 Å². The number of carbonyl (C=O) groups is 1. The van der Waals surface area contributed by atoms with Gasteiger partial charge in [-0.2, -0.15) is 0 Å². The van der Waals surface area contributed by atoms with Crippen molar-refractivity contribution >= 4 is 35.7 Å². The third kappa shape index (κ3) is 6.66.